The molecule has 0 unspecified atom stereocenters. The Morgan fingerprint density at radius 3 is 2.14 bits per heavy atom. The van der Waals surface area contributed by atoms with Crippen LogP contribution in [-0.2, 0) is 0 Å². The maximum Gasteiger partial charge on any atom is 0.149 e. The summed E-state index contributed by atoms with van der Waals surface area (Å²) in [6, 6.07) is 35.4. The fourth-order valence-electron chi connectivity index (χ4n) is 6.17. The van der Waals surface area contributed by atoms with Gasteiger partial charge in [-0.2, -0.15) is 0 Å². The van der Waals surface area contributed by atoms with E-state index in [0.717, 1.165) is 44.7 Å². The van der Waals surface area contributed by atoms with Crippen molar-refractivity contribution in [1.29, 1.82) is 0 Å². The highest BCUT2D eigenvalue weighted by Crippen LogP contribution is 2.40. The number of aromatic nitrogens is 4. The number of nitrogens with zero attached hydrogens (tertiary/aromatic N) is 4. The molecule has 0 saturated carbocycles. The van der Waals surface area contributed by atoms with Crippen molar-refractivity contribution in [3.63, 3.8) is 0 Å². The summed E-state index contributed by atoms with van der Waals surface area (Å²) in [6.07, 6.45) is 4.97. The van der Waals surface area contributed by atoms with Crippen molar-refractivity contribution in [1.82, 2.24) is 19.5 Å². The van der Waals surface area contributed by atoms with Crippen LogP contribution in [0.4, 0.5) is 0 Å². The van der Waals surface area contributed by atoms with Crippen LogP contribution in [-0.4, -0.2) is 24.6 Å². The maximum absolute atomic E-state index is 10.8. The Balaban J connectivity index is 1.53. The van der Waals surface area contributed by atoms with Crippen LogP contribution in [0.15, 0.2) is 122 Å². The molecular weight excluding hydrogens is 528 g/mol. The Labute approximate surface area is 250 Å². The van der Waals surface area contributed by atoms with Crippen molar-refractivity contribution in [3.05, 3.63) is 138 Å². The lowest BCUT2D eigenvalue weighted by Gasteiger charge is -2.15. The van der Waals surface area contributed by atoms with Gasteiger partial charge in [0.15, 0.2) is 0 Å². The van der Waals surface area contributed by atoms with Crippen LogP contribution in [0.3, 0.4) is 0 Å². The van der Waals surface area contributed by atoms with Gasteiger partial charge < -0.3 is 5.11 Å². The Morgan fingerprint density at radius 2 is 1.40 bits per heavy atom. The minimum absolute atomic E-state index is 0.0845. The SMILES string of the molecule is Cc1cc(C)c(-c2cc(-c3ccccn3)cc(-c3cccc4c3nc(-c3ccncc3O)n4-c3ccccc3)c2)c(C)c1. The van der Waals surface area contributed by atoms with E-state index in [2.05, 4.69) is 91.0 Å². The van der Waals surface area contributed by atoms with Gasteiger partial charge in [-0.1, -0.05) is 54.1 Å². The third kappa shape index (κ3) is 4.75. The molecule has 0 atom stereocenters. The Morgan fingerprint density at radius 1 is 0.651 bits per heavy atom. The van der Waals surface area contributed by atoms with E-state index in [0.29, 0.717) is 11.4 Å². The summed E-state index contributed by atoms with van der Waals surface area (Å²) in [5.41, 5.74) is 13.5. The van der Waals surface area contributed by atoms with Crippen molar-refractivity contribution in [3.8, 4) is 56.3 Å². The first-order valence-corrected chi connectivity index (χ1v) is 14.3. The second-order valence-electron chi connectivity index (χ2n) is 11.0. The molecule has 5 nitrogen and oxygen atoms in total. The Hall–Kier alpha value is -5.55. The summed E-state index contributed by atoms with van der Waals surface area (Å²) in [5, 5.41) is 10.8. The number of rotatable bonds is 5. The lowest BCUT2D eigenvalue weighted by molar-refractivity contribution is 0.474. The topological polar surface area (TPSA) is 63.8 Å². The quantitative estimate of drug-likeness (QED) is 0.229. The predicted molar refractivity (Wildman–Crippen MR) is 174 cm³/mol. The van der Waals surface area contributed by atoms with Crippen molar-refractivity contribution in [2.75, 3.05) is 0 Å². The highest BCUT2D eigenvalue weighted by molar-refractivity contribution is 5.97. The second kappa shape index (κ2) is 10.7. The molecule has 0 bridgehead atoms. The molecule has 0 aliphatic carbocycles. The molecule has 43 heavy (non-hydrogen) atoms. The van der Waals surface area contributed by atoms with E-state index < -0.39 is 0 Å². The van der Waals surface area contributed by atoms with Gasteiger partial charge in [0.1, 0.15) is 11.6 Å². The summed E-state index contributed by atoms with van der Waals surface area (Å²) in [6.45, 7) is 6.50. The highest BCUT2D eigenvalue weighted by atomic mass is 16.3. The number of benzene rings is 4. The molecule has 7 aromatic rings. The van der Waals surface area contributed by atoms with E-state index in [1.54, 1.807) is 12.3 Å². The smallest absolute Gasteiger partial charge is 0.149 e. The zero-order chi connectivity index (χ0) is 29.5. The fourth-order valence-corrected chi connectivity index (χ4v) is 6.17. The molecule has 3 heterocycles. The number of para-hydroxylation sites is 2. The van der Waals surface area contributed by atoms with Crippen LogP contribution in [0, 0.1) is 20.8 Å². The summed E-state index contributed by atoms with van der Waals surface area (Å²) in [7, 11) is 0. The summed E-state index contributed by atoms with van der Waals surface area (Å²) < 4.78 is 2.10. The molecule has 7 rings (SSSR count). The van der Waals surface area contributed by atoms with E-state index in [-0.39, 0.29) is 5.75 Å². The number of aryl methyl sites for hydroxylation is 3. The Bertz CT molecular complexity index is 2090. The lowest BCUT2D eigenvalue weighted by atomic mass is 9.89. The van der Waals surface area contributed by atoms with Gasteiger partial charge in [0, 0.05) is 29.2 Å². The van der Waals surface area contributed by atoms with Crippen LogP contribution in [0.1, 0.15) is 16.7 Å². The first-order chi connectivity index (χ1) is 21.0. The van der Waals surface area contributed by atoms with Crippen LogP contribution in [0.2, 0.25) is 0 Å². The van der Waals surface area contributed by atoms with Crippen molar-refractivity contribution in [2.45, 2.75) is 20.8 Å². The number of imidazole rings is 1. The standard InChI is InChI=1S/C38H30N4O/c1-24-18-25(2)36(26(3)19-24)29-21-27(20-28(22-29)33-13-7-8-16-40-33)31-12-9-14-34-37(31)41-38(32-15-17-39-23-35(32)43)42(34)30-10-5-4-6-11-30/h4-23,43H,1-3H3. The summed E-state index contributed by atoms with van der Waals surface area (Å²) in [5.74, 6) is 0.737. The number of pyridine rings is 2. The van der Waals surface area contributed by atoms with Gasteiger partial charge in [-0.3, -0.25) is 14.5 Å². The molecule has 0 spiro atoms. The van der Waals surface area contributed by atoms with Gasteiger partial charge >= 0.3 is 0 Å². The molecule has 0 aliphatic heterocycles. The number of hydrogen-bond acceptors (Lipinski definition) is 4. The fraction of sp³-hybridized carbons (Fsp3) is 0.0789. The number of hydrogen-bond donors (Lipinski definition) is 1. The third-order valence-electron chi connectivity index (χ3n) is 7.91. The molecule has 0 amide bonds. The van der Waals surface area contributed by atoms with Gasteiger partial charge in [-0.15, -0.1) is 0 Å². The van der Waals surface area contributed by atoms with Gasteiger partial charge in [-0.05, 0) is 103 Å². The second-order valence-corrected chi connectivity index (χ2v) is 11.0. The van der Waals surface area contributed by atoms with Crippen LogP contribution in [0.25, 0.3) is 61.6 Å². The van der Waals surface area contributed by atoms with Crippen molar-refractivity contribution < 1.29 is 5.11 Å². The van der Waals surface area contributed by atoms with E-state index in [1.807, 2.05) is 42.6 Å². The van der Waals surface area contributed by atoms with Crippen molar-refractivity contribution >= 4 is 11.0 Å². The van der Waals surface area contributed by atoms with Gasteiger partial charge in [-0.25, -0.2) is 4.98 Å². The predicted octanol–water partition coefficient (Wildman–Crippen LogP) is 9.11. The molecular formula is C38H30N4O. The number of aromatic hydroxyl groups is 1. The van der Waals surface area contributed by atoms with Gasteiger partial charge in [0.25, 0.3) is 0 Å². The molecule has 0 aliphatic rings. The monoisotopic (exact) mass is 558 g/mol. The molecule has 1 N–H and O–H groups in total. The largest absolute Gasteiger partial charge is 0.506 e. The zero-order valence-electron chi connectivity index (χ0n) is 24.3. The van der Waals surface area contributed by atoms with Gasteiger partial charge in [0.05, 0.1) is 28.5 Å². The van der Waals surface area contributed by atoms with E-state index in [4.69, 9.17) is 9.97 Å². The van der Waals surface area contributed by atoms with Gasteiger partial charge in [0.2, 0.25) is 0 Å². The first-order valence-electron chi connectivity index (χ1n) is 14.3. The highest BCUT2D eigenvalue weighted by Gasteiger charge is 2.20. The third-order valence-corrected chi connectivity index (χ3v) is 7.91. The molecule has 3 aromatic heterocycles. The minimum atomic E-state index is 0.0845. The maximum atomic E-state index is 10.8. The molecule has 0 saturated heterocycles. The molecule has 4 aromatic carbocycles. The summed E-state index contributed by atoms with van der Waals surface area (Å²) in [4.78, 5) is 14.0. The van der Waals surface area contributed by atoms with E-state index in [1.165, 1.54) is 28.5 Å². The molecule has 0 fully saturated rings. The minimum Gasteiger partial charge on any atom is -0.506 e. The average molecular weight is 559 g/mol. The van der Waals surface area contributed by atoms with Crippen LogP contribution < -0.4 is 0 Å². The lowest BCUT2D eigenvalue weighted by Crippen LogP contribution is -1.97. The molecule has 208 valence electrons. The van der Waals surface area contributed by atoms with E-state index in [9.17, 15) is 5.11 Å². The van der Waals surface area contributed by atoms with Crippen LogP contribution >= 0.6 is 0 Å². The van der Waals surface area contributed by atoms with Crippen molar-refractivity contribution in [2.24, 2.45) is 0 Å². The first kappa shape index (κ1) is 26.4. The van der Waals surface area contributed by atoms with E-state index >= 15 is 0 Å². The average Bonchev–Trinajstić information content (AvgIpc) is 3.41. The Kier molecular flexibility index (Phi) is 6.55. The van der Waals surface area contributed by atoms with Crippen LogP contribution in [0.5, 0.6) is 5.75 Å². The normalized spacial score (nSPS) is 11.2. The zero-order valence-corrected chi connectivity index (χ0v) is 24.3. The number of fused-ring (bicyclic) bond motifs is 1. The molecule has 5 heteroatoms. The summed E-state index contributed by atoms with van der Waals surface area (Å²) >= 11 is 0. The molecule has 0 radical (unpaired) electrons.